The molecule has 48 valence electrons. The fraction of sp³-hybridized carbons (Fsp3) is 0.400. The molecule has 0 saturated carbocycles. The Balaban J connectivity index is 3.04. The first kappa shape index (κ1) is 6.74. The molecule has 0 amide bonds. The molecule has 0 fully saturated rings. The maximum absolute atomic E-state index is 4.09. The molecular formula is C5H9BN2S. The van der Waals surface area contributed by atoms with Crippen LogP contribution in [0.5, 0.6) is 0 Å². The molecule has 1 rings (SSSR count). The molecule has 0 radical (unpaired) electrons. The van der Waals surface area contributed by atoms with Gasteiger partial charge in [0, 0.05) is 11.9 Å². The summed E-state index contributed by atoms with van der Waals surface area (Å²) < 4.78 is 1.86. The van der Waals surface area contributed by atoms with Gasteiger partial charge in [0.25, 0.3) is 0 Å². The molecule has 0 aromatic carbocycles. The van der Waals surface area contributed by atoms with Crippen LogP contribution in [0.1, 0.15) is 5.69 Å². The molecule has 0 bridgehead atoms. The van der Waals surface area contributed by atoms with Gasteiger partial charge in [0.2, 0.25) is 0 Å². The van der Waals surface area contributed by atoms with Crippen molar-refractivity contribution < 1.29 is 0 Å². The van der Waals surface area contributed by atoms with Crippen molar-refractivity contribution in [3.8, 4) is 0 Å². The summed E-state index contributed by atoms with van der Waals surface area (Å²) in [6.45, 7) is 2.04. The van der Waals surface area contributed by atoms with E-state index in [1.807, 2.05) is 25.6 Å². The van der Waals surface area contributed by atoms with Crippen LogP contribution in [0.3, 0.4) is 0 Å². The SMILES string of the molecule is Bc1cnn(CS)c1C. The lowest BCUT2D eigenvalue weighted by Crippen LogP contribution is -2.06. The zero-order valence-corrected chi connectivity index (χ0v) is 6.52. The third kappa shape index (κ3) is 1.13. The van der Waals surface area contributed by atoms with Crippen molar-refractivity contribution >= 4 is 25.9 Å². The molecule has 0 atom stereocenters. The van der Waals surface area contributed by atoms with Crippen molar-refractivity contribution in [2.24, 2.45) is 0 Å². The lowest BCUT2D eigenvalue weighted by atomic mass is 9.98. The van der Waals surface area contributed by atoms with Crippen LogP contribution in [-0.2, 0) is 5.88 Å². The molecule has 0 saturated heterocycles. The minimum Gasteiger partial charge on any atom is -0.261 e. The smallest absolute Gasteiger partial charge is 0.143 e. The van der Waals surface area contributed by atoms with Gasteiger partial charge in [-0.15, -0.1) is 0 Å². The lowest BCUT2D eigenvalue weighted by Gasteiger charge is -1.96. The fourth-order valence-electron chi connectivity index (χ4n) is 0.682. The van der Waals surface area contributed by atoms with E-state index in [4.69, 9.17) is 0 Å². The van der Waals surface area contributed by atoms with Crippen LogP contribution in [0.25, 0.3) is 0 Å². The number of thiol groups is 1. The van der Waals surface area contributed by atoms with E-state index >= 15 is 0 Å². The zero-order chi connectivity index (χ0) is 6.85. The van der Waals surface area contributed by atoms with E-state index in [0.717, 1.165) is 0 Å². The van der Waals surface area contributed by atoms with E-state index < -0.39 is 0 Å². The third-order valence-electron chi connectivity index (χ3n) is 1.48. The van der Waals surface area contributed by atoms with Crippen LogP contribution in [0.2, 0.25) is 0 Å². The molecule has 2 nitrogen and oxygen atoms in total. The van der Waals surface area contributed by atoms with Crippen LogP contribution >= 0.6 is 12.6 Å². The van der Waals surface area contributed by atoms with Crippen molar-refractivity contribution in [2.45, 2.75) is 12.8 Å². The second-order valence-corrected chi connectivity index (χ2v) is 2.34. The van der Waals surface area contributed by atoms with E-state index in [9.17, 15) is 0 Å². The van der Waals surface area contributed by atoms with Crippen molar-refractivity contribution in [3.63, 3.8) is 0 Å². The normalized spacial score (nSPS) is 10.0. The molecule has 0 aliphatic heterocycles. The highest BCUT2D eigenvalue weighted by Gasteiger charge is 1.97. The molecular weight excluding hydrogens is 131 g/mol. The first-order chi connectivity index (χ1) is 4.25. The fourth-order valence-corrected chi connectivity index (χ4v) is 0.968. The summed E-state index contributed by atoms with van der Waals surface area (Å²) in [7, 11) is 2.04. The van der Waals surface area contributed by atoms with Crippen LogP contribution in [0, 0.1) is 6.92 Å². The Morgan fingerprint density at radius 2 is 2.56 bits per heavy atom. The third-order valence-corrected chi connectivity index (χ3v) is 1.75. The van der Waals surface area contributed by atoms with Gasteiger partial charge in [0.1, 0.15) is 7.85 Å². The van der Waals surface area contributed by atoms with Crippen molar-refractivity contribution in [1.29, 1.82) is 0 Å². The van der Waals surface area contributed by atoms with E-state index in [-0.39, 0.29) is 0 Å². The molecule has 1 aromatic rings. The summed E-state index contributed by atoms with van der Waals surface area (Å²) in [4.78, 5) is 0. The van der Waals surface area contributed by atoms with Gasteiger partial charge in [-0.1, -0.05) is 0 Å². The second-order valence-electron chi connectivity index (χ2n) is 2.05. The molecule has 0 unspecified atom stereocenters. The van der Waals surface area contributed by atoms with Gasteiger partial charge in [0.15, 0.2) is 0 Å². The van der Waals surface area contributed by atoms with Crippen molar-refractivity contribution in [1.82, 2.24) is 9.78 Å². The van der Waals surface area contributed by atoms with Gasteiger partial charge in [-0.25, -0.2) is 0 Å². The highest BCUT2D eigenvalue weighted by atomic mass is 32.1. The molecule has 1 aromatic heterocycles. The minimum absolute atomic E-state index is 0.666. The van der Waals surface area contributed by atoms with Crippen LogP contribution in [0.4, 0.5) is 0 Å². The van der Waals surface area contributed by atoms with Gasteiger partial charge >= 0.3 is 0 Å². The number of hydrogen-bond acceptors (Lipinski definition) is 2. The summed E-state index contributed by atoms with van der Waals surface area (Å²) >= 11 is 4.09. The Kier molecular flexibility index (Phi) is 1.85. The average molecular weight is 140 g/mol. The predicted molar refractivity (Wildman–Crippen MR) is 44.1 cm³/mol. The van der Waals surface area contributed by atoms with E-state index in [1.54, 1.807) is 0 Å². The van der Waals surface area contributed by atoms with Gasteiger partial charge in [-0.2, -0.15) is 17.7 Å². The van der Waals surface area contributed by atoms with E-state index in [0.29, 0.717) is 5.88 Å². The number of aromatic nitrogens is 2. The van der Waals surface area contributed by atoms with Gasteiger partial charge < -0.3 is 0 Å². The maximum atomic E-state index is 4.09. The van der Waals surface area contributed by atoms with Gasteiger partial charge in [0.05, 0.1) is 5.88 Å². The van der Waals surface area contributed by atoms with Crippen LogP contribution < -0.4 is 5.46 Å². The van der Waals surface area contributed by atoms with Crippen molar-refractivity contribution in [3.05, 3.63) is 11.9 Å². The Labute approximate surface area is 61.1 Å². The lowest BCUT2D eigenvalue weighted by molar-refractivity contribution is 0.728. The molecule has 0 aliphatic rings. The first-order valence-corrected chi connectivity index (χ1v) is 3.49. The Bertz CT molecular complexity index is 209. The van der Waals surface area contributed by atoms with Gasteiger partial charge in [-0.3, -0.25) is 4.68 Å². The molecule has 0 N–H and O–H groups in total. The average Bonchev–Trinajstić information content (AvgIpc) is 2.15. The topological polar surface area (TPSA) is 17.8 Å². The zero-order valence-electron chi connectivity index (χ0n) is 5.63. The monoisotopic (exact) mass is 140 g/mol. The minimum atomic E-state index is 0.666. The number of hydrogen-bond donors (Lipinski definition) is 1. The maximum Gasteiger partial charge on any atom is 0.143 e. The Morgan fingerprint density at radius 3 is 2.78 bits per heavy atom. The summed E-state index contributed by atoms with van der Waals surface area (Å²) in [6, 6.07) is 0. The quantitative estimate of drug-likeness (QED) is 0.405. The molecule has 1 heterocycles. The highest BCUT2D eigenvalue weighted by Crippen LogP contribution is 1.92. The molecule has 0 aliphatic carbocycles. The second kappa shape index (κ2) is 2.48. The summed E-state index contributed by atoms with van der Waals surface area (Å²) in [5, 5.41) is 4.07. The van der Waals surface area contributed by atoms with Crippen molar-refractivity contribution in [2.75, 3.05) is 0 Å². The number of nitrogens with zero attached hydrogens (tertiary/aromatic N) is 2. The van der Waals surface area contributed by atoms with E-state index in [1.165, 1.54) is 11.2 Å². The van der Waals surface area contributed by atoms with Crippen LogP contribution in [-0.4, -0.2) is 17.6 Å². The molecule has 0 spiro atoms. The Hall–Kier alpha value is -0.375. The summed E-state index contributed by atoms with van der Waals surface area (Å²) in [5.41, 5.74) is 2.43. The standard InChI is InChI=1S/C5H9BN2S/c1-4-5(6)2-7-8(4)3-9/h2,9H,3,6H2,1H3. The summed E-state index contributed by atoms with van der Waals surface area (Å²) in [5.74, 6) is 0.666. The van der Waals surface area contributed by atoms with E-state index in [2.05, 4.69) is 17.7 Å². The predicted octanol–water partition coefficient (Wildman–Crippen LogP) is -0.663. The number of rotatable bonds is 1. The van der Waals surface area contributed by atoms with Crippen LogP contribution in [0.15, 0.2) is 6.20 Å². The summed E-state index contributed by atoms with van der Waals surface area (Å²) in [6.07, 6.45) is 1.85. The van der Waals surface area contributed by atoms with Gasteiger partial charge in [-0.05, 0) is 12.4 Å². The highest BCUT2D eigenvalue weighted by molar-refractivity contribution is 7.79. The first-order valence-electron chi connectivity index (χ1n) is 2.85. The molecule has 9 heavy (non-hydrogen) atoms. The Morgan fingerprint density at radius 1 is 1.89 bits per heavy atom. The largest absolute Gasteiger partial charge is 0.261 e. The molecule has 4 heteroatoms.